The Labute approximate surface area is 176 Å². The summed E-state index contributed by atoms with van der Waals surface area (Å²) in [6.07, 6.45) is -5.21. The zero-order chi connectivity index (χ0) is 28.1. The highest BCUT2D eigenvalue weighted by Crippen LogP contribution is 2.33. The number of anilines is 2. The van der Waals surface area contributed by atoms with Crippen molar-refractivity contribution in [2.45, 2.75) is 25.3 Å². The van der Waals surface area contributed by atoms with Gasteiger partial charge >= 0.3 is 0 Å². The van der Waals surface area contributed by atoms with Gasteiger partial charge in [0.25, 0.3) is 0 Å². The van der Waals surface area contributed by atoms with Crippen LogP contribution in [-0.2, 0) is 9.53 Å². The molecule has 3 rings (SSSR count). The number of hydrogen-bond acceptors (Lipinski definition) is 8. The third kappa shape index (κ3) is 4.36. The van der Waals surface area contributed by atoms with Gasteiger partial charge in [-0.25, -0.2) is 4.98 Å². The lowest BCUT2D eigenvalue weighted by atomic mass is 10.2. The number of aromatic nitrogens is 2. The van der Waals surface area contributed by atoms with Crippen molar-refractivity contribution in [3.63, 3.8) is 0 Å². The zero-order valence-corrected chi connectivity index (χ0v) is 15.7. The number of rotatable bonds is 8. The second-order valence-electron chi connectivity index (χ2n) is 5.70. The molecule has 0 radical (unpaired) electrons. The summed E-state index contributed by atoms with van der Waals surface area (Å²) in [5.41, 5.74) is 5.80. The molecule has 9 nitrogen and oxygen atoms in total. The molecule has 1 saturated heterocycles. The topological polar surface area (TPSA) is 112 Å². The number of nitrogens with one attached hydrogen (secondary N) is 1. The van der Waals surface area contributed by atoms with Crippen LogP contribution >= 0.6 is 0 Å². The van der Waals surface area contributed by atoms with E-state index in [2.05, 4.69) is 9.97 Å². The Bertz CT molecular complexity index is 1220. The standard InChI is InChI=1S/C19H27N5O4/c1-24(8-5-7-21-18(25)14-6-4-9-28-14)19-22-13-11-16(27-3)15(26-2)10-12(13)17(20)23-19/h10-11,14H,4-9H2,1-3H3,(H,21,25)(H2,20,22,23)/i5D2,7D2,8D2,10D,11D,14D. The van der Waals surface area contributed by atoms with Gasteiger partial charge in [-0.05, 0) is 25.3 Å². The highest BCUT2D eigenvalue weighted by atomic mass is 16.5. The van der Waals surface area contributed by atoms with Crippen molar-refractivity contribution in [3.05, 3.63) is 12.1 Å². The van der Waals surface area contributed by atoms with Crippen LogP contribution in [0.5, 0.6) is 11.5 Å². The molecule has 0 spiro atoms. The van der Waals surface area contributed by atoms with Crippen molar-refractivity contribution in [2.75, 3.05) is 51.5 Å². The molecule has 1 unspecified atom stereocenters. The summed E-state index contributed by atoms with van der Waals surface area (Å²) < 4.78 is 90.0. The molecule has 0 bridgehead atoms. The van der Waals surface area contributed by atoms with E-state index in [0.717, 1.165) is 7.05 Å². The van der Waals surface area contributed by atoms with Crippen molar-refractivity contribution in [1.82, 2.24) is 15.3 Å². The van der Waals surface area contributed by atoms with Gasteiger partial charge in [0.05, 0.1) is 23.8 Å². The summed E-state index contributed by atoms with van der Waals surface area (Å²) in [5, 5.41) is 1.69. The molecule has 1 aliphatic rings. The Kier molecular flexibility index (Phi) is 3.59. The van der Waals surface area contributed by atoms with Gasteiger partial charge in [0.15, 0.2) is 11.5 Å². The third-order valence-corrected chi connectivity index (χ3v) is 3.85. The summed E-state index contributed by atoms with van der Waals surface area (Å²) in [6, 6.07) is -0.634. The van der Waals surface area contributed by atoms with Crippen LogP contribution in [0.3, 0.4) is 0 Å². The summed E-state index contributed by atoms with van der Waals surface area (Å²) in [7, 11) is 3.55. The number of amides is 1. The van der Waals surface area contributed by atoms with Crippen LogP contribution in [-0.4, -0.2) is 62.8 Å². The molecular formula is C19H27N5O4. The van der Waals surface area contributed by atoms with E-state index in [1.165, 1.54) is 14.2 Å². The highest BCUT2D eigenvalue weighted by Gasteiger charge is 2.22. The van der Waals surface area contributed by atoms with Gasteiger partial charge in [-0.15, -0.1) is 0 Å². The first-order valence-corrected chi connectivity index (χ1v) is 8.35. The van der Waals surface area contributed by atoms with E-state index in [0.29, 0.717) is 11.3 Å². The summed E-state index contributed by atoms with van der Waals surface area (Å²) >= 11 is 0. The average molecular weight is 399 g/mol. The number of nitrogens with zero attached hydrogens (tertiary/aromatic N) is 3. The monoisotopic (exact) mass is 398 g/mol. The molecule has 2 aromatic rings. The smallest absolute Gasteiger partial charge is 0.249 e. The molecule has 0 saturated carbocycles. The maximum absolute atomic E-state index is 12.5. The third-order valence-electron chi connectivity index (χ3n) is 3.85. The van der Waals surface area contributed by atoms with Crippen LogP contribution in [0.25, 0.3) is 10.9 Å². The number of carbonyl (C=O) groups is 1. The normalized spacial score (nSPS) is 25.0. The predicted molar refractivity (Wildman–Crippen MR) is 107 cm³/mol. The Balaban J connectivity index is 2.05. The molecule has 28 heavy (non-hydrogen) atoms. The van der Waals surface area contributed by atoms with E-state index in [4.69, 9.17) is 32.3 Å². The SMILES string of the molecule is [2H]c1c(OC)c(OC)c([2H])c2c(N)nc(N(C)C([2H])([2H])C([2H])([2H])C([2H])([2H])NC(=O)C3([2H])CCCO3)nc12. The number of fused-ring (bicyclic) bond motifs is 1. The first-order valence-electron chi connectivity index (χ1n) is 12.9. The van der Waals surface area contributed by atoms with E-state index in [1.54, 1.807) is 5.32 Å². The Morgan fingerprint density at radius 3 is 2.89 bits per heavy atom. The summed E-state index contributed by atoms with van der Waals surface area (Å²) in [4.78, 5) is 21.1. The van der Waals surface area contributed by atoms with E-state index < -0.39 is 37.3 Å². The van der Waals surface area contributed by atoms with Gasteiger partial charge in [-0.2, -0.15) is 4.98 Å². The molecule has 152 valence electrons. The van der Waals surface area contributed by atoms with Crippen molar-refractivity contribution in [3.8, 4) is 11.5 Å². The van der Waals surface area contributed by atoms with E-state index >= 15 is 0 Å². The second-order valence-corrected chi connectivity index (χ2v) is 5.70. The van der Waals surface area contributed by atoms with Gasteiger partial charge in [0, 0.05) is 46.3 Å². The molecule has 1 amide bonds. The number of nitrogens with two attached hydrogens (primary N) is 1. The van der Waals surface area contributed by atoms with E-state index in [-0.39, 0.29) is 53.3 Å². The number of carbonyl (C=O) groups excluding carboxylic acids is 1. The van der Waals surface area contributed by atoms with Crippen molar-refractivity contribution >= 4 is 28.6 Å². The maximum Gasteiger partial charge on any atom is 0.249 e. The van der Waals surface area contributed by atoms with Crippen LogP contribution in [0.4, 0.5) is 11.8 Å². The van der Waals surface area contributed by atoms with Gasteiger partial charge in [0.2, 0.25) is 11.9 Å². The molecule has 1 aliphatic heterocycles. The van der Waals surface area contributed by atoms with Gasteiger partial charge in [-0.1, -0.05) is 0 Å². The minimum atomic E-state index is -3.45. The lowest BCUT2D eigenvalue weighted by Crippen LogP contribution is -2.36. The molecule has 9 heteroatoms. The van der Waals surface area contributed by atoms with Crippen LogP contribution in [0.15, 0.2) is 12.1 Å². The highest BCUT2D eigenvalue weighted by molar-refractivity contribution is 5.91. The Hall–Kier alpha value is -2.81. The molecule has 1 aromatic heterocycles. The molecular weight excluding hydrogens is 362 g/mol. The number of benzene rings is 1. The van der Waals surface area contributed by atoms with Gasteiger partial charge in [0.1, 0.15) is 11.9 Å². The van der Waals surface area contributed by atoms with E-state index in [1.807, 2.05) is 0 Å². The fourth-order valence-electron chi connectivity index (χ4n) is 2.45. The molecule has 0 aliphatic carbocycles. The molecule has 3 N–H and O–H groups in total. The largest absolute Gasteiger partial charge is 0.493 e. The molecule has 1 atom stereocenters. The van der Waals surface area contributed by atoms with Crippen LogP contribution in [0, 0.1) is 0 Å². The average Bonchev–Trinajstić information content (AvgIpc) is 3.27. The minimum Gasteiger partial charge on any atom is -0.493 e. The second kappa shape index (κ2) is 8.92. The van der Waals surface area contributed by atoms with Crippen LogP contribution < -0.4 is 25.4 Å². The fourth-order valence-corrected chi connectivity index (χ4v) is 2.45. The fraction of sp³-hybridized carbons (Fsp3) is 0.526. The first kappa shape index (κ1) is 11.3. The molecule has 1 aromatic carbocycles. The van der Waals surface area contributed by atoms with Crippen LogP contribution in [0.2, 0.25) is 0 Å². The number of hydrogen-bond donors (Lipinski definition) is 2. The quantitative estimate of drug-likeness (QED) is 0.685. The van der Waals surface area contributed by atoms with Crippen molar-refractivity contribution in [1.29, 1.82) is 0 Å². The van der Waals surface area contributed by atoms with E-state index in [9.17, 15) is 4.79 Å². The molecule has 2 heterocycles. The van der Waals surface area contributed by atoms with Crippen molar-refractivity contribution < 1.29 is 31.3 Å². The van der Waals surface area contributed by atoms with Crippen LogP contribution in [0.1, 0.15) is 31.6 Å². The number of nitrogen functional groups attached to an aromatic ring is 1. The Morgan fingerprint density at radius 1 is 1.46 bits per heavy atom. The maximum atomic E-state index is 12.5. The number of ether oxygens (including phenoxy) is 3. The predicted octanol–water partition coefficient (Wildman–Crippen LogP) is 1.35. The van der Waals surface area contributed by atoms with Crippen molar-refractivity contribution in [2.24, 2.45) is 0 Å². The summed E-state index contributed by atoms with van der Waals surface area (Å²) in [5.74, 6) is -2.34. The minimum absolute atomic E-state index is 0.0311. The Morgan fingerprint density at radius 2 is 2.21 bits per heavy atom. The number of methoxy groups -OCH3 is 2. The zero-order valence-electron chi connectivity index (χ0n) is 24.7. The summed E-state index contributed by atoms with van der Waals surface area (Å²) in [6.45, 7) is -6.44. The lowest BCUT2D eigenvalue weighted by Gasteiger charge is -2.19. The lowest BCUT2D eigenvalue weighted by molar-refractivity contribution is -0.130. The molecule has 1 fully saturated rings. The van der Waals surface area contributed by atoms with Gasteiger partial charge < -0.3 is 30.2 Å². The first-order chi connectivity index (χ1) is 17.0. The van der Waals surface area contributed by atoms with Gasteiger partial charge in [-0.3, -0.25) is 4.79 Å².